The summed E-state index contributed by atoms with van der Waals surface area (Å²) < 4.78 is 66.5. The van der Waals surface area contributed by atoms with E-state index in [4.69, 9.17) is 5.73 Å². The lowest BCUT2D eigenvalue weighted by Crippen LogP contribution is -2.15. The van der Waals surface area contributed by atoms with Crippen LogP contribution in [0.3, 0.4) is 0 Å². The van der Waals surface area contributed by atoms with Crippen molar-refractivity contribution in [3.63, 3.8) is 0 Å². The van der Waals surface area contributed by atoms with E-state index in [1.165, 1.54) is 13.0 Å². The van der Waals surface area contributed by atoms with Gasteiger partial charge in [0.1, 0.15) is 11.4 Å². The van der Waals surface area contributed by atoms with E-state index in [-0.39, 0.29) is 24.3 Å². The summed E-state index contributed by atoms with van der Waals surface area (Å²) >= 11 is 0. The van der Waals surface area contributed by atoms with Gasteiger partial charge in [-0.1, -0.05) is 24.3 Å². The van der Waals surface area contributed by atoms with Crippen molar-refractivity contribution in [3.8, 4) is 0 Å². The van der Waals surface area contributed by atoms with E-state index in [1.54, 1.807) is 42.5 Å². The van der Waals surface area contributed by atoms with E-state index < -0.39 is 27.6 Å². The van der Waals surface area contributed by atoms with Crippen LogP contribution in [0.2, 0.25) is 0 Å². The summed E-state index contributed by atoms with van der Waals surface area (Å²) in [5.41, 5.74) is 7.18. The topological polar surface area (TPSA) is 122 Å². The molecule has 2 aromatic carbocycles. The number of benzene rings is 2. The molecule has 0 amide bonds. The molecular weight excluding hydrogens is 469 g/mol. The zero-order chi connectivity index (χ0) is 24.9. The lowest BCUT2D eigenvalue weighted by molar-refractivity contribution is -0.137. The fourth-order valence-electron chi connectivity index (χ4n) is 2.97. The molecule has 0 spiro atoms. The van der Waals surface area contributed by atoms with Gasteiger partial charge in [-0.05, 0) is 49.2 Å². The number of sulfonamides is 1. The first kappa shape index (κ1) is 25.2. The number of alkyl halides is 3. The zero-order valence-corrected chi connectivity index (χ0v) is 19.3. The van der Waals surface area contributed by atoms with E-state index in [1.807, 2.05) is 6.92 Å². The Hall–Kier alpha value is -3.38. The number of aromatic nitrogens is 2. The van der Waals surface area contributed by atoms with Gasteiger partial charge in [0, 0.05) is 30.2 Å². The zero-order valence-electron chi connectivity index (χ0n) is 18.5. The maximum Gasteiger partial charge on any atom is 0.421 e. The number of nitrogens with two attached hydrogens (primary N) is 1. The SMILES string of the molecule is CCS(=O)(=O)Nc1cccc(CNc2nc(Nc3ccc([C@H](C)N)cc3)ncc2C(F)(F)F)c1. The maximum absolute atomic E-state index is 13.5. The molecule has 0 bridgehead atoms. The summed E-state index contributed by atoms with van der Waals surface area (Å²) in [5, 5.41) is 5.57. The number of rotatable bonds is 9. The van der Waals surface area contributed by atoms with Gasteiger partial charge in [0.2, 0.25) is 16.0 Å². The highest BCUT2D eigenvalue weighted by Crippen LogP contribution is 2.34. The van der Waals surface area contributed by atoms with Gasteiger partial charge in [-0.25, -0.2) is 13.4 Å². The Morgan fingerprint density at radius 1 is 1.09 bits per heavy atom. The number of nitrogens with one attached hydrogen (secondary N) is 3. The van der Waals surface area contributed by atoms with Gasteiger partial charge < -0.3 is 16.4 Å². The average molecular weight is 495 g/mol. The van der Waals surface area contributed by atoms with Crippen LogP contribution >= 0.6 is 0 Å². The third-order valence-electron chi connectivity index (χ3n) is 4.83. The number of hydrogen-bond donors (Lipinski definition) is 4. The van der Waals surface area contributed by atoms with Crippen molar-refractivity contribution in [2.75, 3.05) is 21.1 Å². The standard InChI is InChI=1S/C22H25F3N6O2S/c1-3-34(32,33)31-18-6-4-5-15(11-18)12-27-20-19(22(23,24)25)13-28-21(30-20)29-17-9-7-16(8-10-17)14(2)26/h4-11,13-14,31H,3,12,26H2,1-2H3,(H2,27,28,29,30)/t14-/m0/s1. The molecule has 12 heteroatoms. The molecule has 3 aromatic rings. The van der Waals surface area contributed by atoms with Crippen molar-refractivity contribution in [3.05, 3.63) is 71.4 Å². The van der Waals surface area contributed by atoms with Crippen molar-refractivity contribution in [1.29, 1.82) is 0 Å². The highest BCUT2D eigenvalue weighted by molar-refractivity contribution is 7.92. The Morgan fingerprint density at radius 3 is 2.41 bits per heavy atom. The summed E-state index contributed by atoms with van der Waals surface area (Å²) in [4.78, 5) is 7.81. The minimum atomic E-state index is -4.67. The summed E-state index contributed by atoms with van der Waals surface area (Å²) in [6.07, 6.45) is -3.96. The quantitative estimate of drug-likeness (QED) is 0.342. The molecule has 34 heavy (non-hydrogen) atoms. The number of anilines is 4. The summed E-state index contributed by atoms with van der Waals surface area (Å²) in [6.45, 7) is 3.32. The smallest absolute Gasteiger partial charge is 0.365 e. The Balaban J connectivity index is 1.81. The Morgan fingerprint density at radius 2 is 1.79 bits per heavy atom. The Labute approximate surface area is 195 Å². The molecule has 3 rings (SSSR count). The average Bonchev–Trinajstić information content (AvgIpc) is 2.77. The van der Waals surface area contributed by atoms with Crippen LogP contribution in [-0.2, 0) is 22.7 Å². The fourth-order valence-corrected chi connectivity index (χ4v) is 3.60. The van der Waals surface area contributed by atoms with Gasteiger partial charge in [0.05, 0.1) is 5.75 Å². The van der Waals surface area contributed by atoms with Gasteiger partial charge >= 0.3 is 6.18 Å². The van der Waals surface area contributed by atoms with Crippen LogP contribution in [0.5, 0.6) is 0 Å². The lowest BCUT2D eigenvalue weighted by Gasteiger charge is -2.15. The van der Waals surface area contributed by atoms with Crippen molar-refractivity contribution in [1.82, 2.24) is 9.97 Å². The fraction of sp³-hybridized carbons (Fsp3) is 0.273. The molecule has 0 saturated carbocycles. The molecule has 1 atom stereocenters. The van der Waals surface area contributed by atoms with Crippen LogP contribution in [0, 0.1) is 0 Å². The molecular formula is C22H25F3N6O2S. The first-order chi connectivity index (χ1) is 16.0. The predicted molar refractivity (Wildman–Crippen MR) is 126 cm³/mol. The molecule has 0 saturated heterocycles. The van der Waals surface area contributed by atoms with E-state index in [9.17, 15) is 21.6 Å². The molecule has 8 nitrogen and oxygen atoms in total. The van der Waals surface area contributed by atoms with Crippen LogP contribution in [0.1, 0.15) is 36.6 Å². The molecule has 0 aliphatic heterocycles. The van der Waals surface area contributed by atoms with Crippen LogP contribution in [0.4, 0.5) is 36.3 Å². The molecule has 5 N–H and O–H groups in total. The molecule has 1 heterocycles. The monoisotopic (exact) mass is 494 g/mol. The van der Waals surface area contributed by atoms with Crippen LogP contribution < -0.4 is 21.1 Å². The largest absolute Gasteiger partial charge is 0.421 e. The van der Waals surface area contributed by atoms with E-state index in [0.29, 0.717) is 23.1 Å². The third kappa shape index (κ3) is 6.81. The maximum atomic E-state index is 13.5. The first-order valence-electron chi connectivity index (χ1n) is 10.4. The van der Waals surface area contributed by atoms with Crippen LogP contribution in [0.15, 0.2) is 54.7 Å². The second-order valence-corrected chi connectivity index (χ2v) is 9.56. The molecule has 0 unspecified atom stereocenters. The van der Waals surface area contributed by atoms with E-state index in [0.717, 1.165) is 5.56 Å². The van der Waals surface area contributed by atoms with Crippen LogP contribution in [0.25, 0.3) is 0 Å². The number of halogens is 3. The van der Waals surface area contributed by atoms with Crippen molar-refractivity contribution in [2.24, 2.45) is 5.73 Å². The Bertz CT molecular complexity index is 1230. The predicted octanol–water partition coefficient (Wildman–Crippen LogP) is 4.63. The number of hydrogen-bond acceptors (Lipinski definition) is 7. The molecule has 0 fully saturated rings. The van der Waals surface area contributed by atoms with Gasteiger partial charge in [-0.3, -0.25) is 4.72 Å². The minimum absolute atomic E-state index is 0.0199. The molecule has 182 valence electrons. The summed E-state index contributed by atoms with van der Waals surface area (Å²) in [7, 11) is -3.48. The second kappa shape index (κ2) is 10.3. The first-order valence-corrected chi connectivity index (χ1v) is 12.0. The summed E-state index contributed by atoms with van der Waals surface area (Å²) in [6, 6.07) is 13.3. The van der Waals surface area contributed by atoms with Gasteiger partial charge in [0.15, 0.2) is 0 Å². The number of nitrogens with zero attached hydrogens (tertiary/aromatic N) is 2. The minimum Gasteiger partial charge on any atom is -0.365 e. The van der Waals surface area contributed by atoms with E-state index in [2.05, 4.69) is 25.3 Å². The third-order valence-corrected chi connectivity index (χ3v) is 6.13. The van der Waals surface area contributed by atoms with E-state index >= 15 is 0 Å². The van der Waals surface area contributed by atoms with Gasteiger partial charge in [-0.2, -0.15) is 18.2 Å². The van der Waals surface area contributed by atoms with Gasteiger partial charge in [0.25, 0.3) is 0 Å². The highest BCUT2D eigenvalue weighted by atomic mass is 32.2. The highest BCUT2D eigenvalue weighted by Gasteiger charge is 2.35. The lowest BCUT2D eigenvalue weighted by atomic mass is 10.1. The normalized spacial score (nSPS) is 12.8. The van der Waals surface area contributed by atoms with Crippen molar-refractivity contribution in [2.45, 2.75) is 32.6 Å². The molecule has 1 aromatic heterocycles. The Kier molecular flexibility index (Phi) is 7.62. The van der Waals surface area contributed by atoms with Crippen molar-refractivity contribution >= 4 is 33.2 Å². The molecule has 0 aliphatic carbocycles. The van der Waals surface area contributed by atoms with Crippen LogP contribution in [-0.4, -0.2) is 24.1 Å². The summed E-state index contributed by atoms with van der Waals surface area (Å²) in [5.74, 6) is -0.528. The van der Waals surface area contributed by atoms with Gasteiger partial charge in [-0.15, -0.1) is 0 Å². The van der Waals surface area contributed by atoms with Crippen molar-refractivity contribution < 1.29 is 21.6 Å². The molecule has 0 aliphatic rings. The molecule has 0 radical (unpaired) electrons. The second-order valence-electron chi connectivity index (χ2n) is 7.55.